The minimum Gasteiger partial charge on any atom is -0.324 e. The first-order chi connectivity index (χ1) is 6.02. The van der Waals surface area contributed by atoms with Crippen molar-refractivity contribution in [3.63, 3.8) is 0 Å². The van der Waals surface area contributed by atoms with Crippen LogP contribution in [-0.2, 0) is 0 Å². The summed E-state index contributed by atoms with van der Waals surface area (Å²) < 4.78 is 0. The van der Waals surface area contributed by atoms with Crippen LogP contribution in [-0.4, -0.2) is 0 Å². The molecule has 0 fully saturated rings. The molecule has 0 radical (unpaired) electrons. The Hall–Kier alpha value is -0.530. The number of rotatable bonds is 2. The summed E-state index contributed by atoms with van der Waals surface area (Å²) in [5, 5.41) is 0. The van der Waals surface area contributed by atoms with E-state index in [4.69, 9.17) is 5.73 Å². The first kappa shape index (κ1) is 13.5. The fourth-order valence-electron chi connectivity index (χ4n) is 1.56. The number of hydrogen-bond acceptors (Lipinski definition) is 1. The van der Waals surface area contributed by atoms with Crippen LogP contribution < -0.4 is 5.73 Å². The monoisotopic (exact) mass is 213 g/mol. The average molecular weight is 214 g/mol. The van der Waals surface area contributed by atoms with Crippen LogP contribution in [0.2, 0.25) is 0 Å². The first-order valence-corrected chi connectivity index (χ1v) is 4.85. The molecule has 0 amide bonds. The highest BCUT2D eigenvalue weighted by atomic mass is 35.5. The van der Waals surface area contributed by atoms with Crippen LogP contribution in [0.4, 0.5) is 0 Å². The van der Waals surface area contributed by atoms with Crippen LogP contribution in [0, 0.1) is 19.8 Å². The number of halogens is 1. The Morgan fingerprint density at radius 1 is 1.14 bits per heavy atom. The molecule has 0 saturated heterocycles. The smallest absolute Gasteiger partial charge is 0.0320 e. The fraction of sp³-hybridized carbons (Fsp3) is 0.500. The lowest BCUT2D eigenvalue weighted by molar-refractivity contribution is 0.512. The van der Waals surface area contributed by atoms with Crippen LogP contribution in [0.15, 0.2) is 18.2 Å². The van der Waals surface area contributed by atoms with Gasteiger partial charge in [-0.3, -0.25) is 0 Å². The van der Waals surface area contributed by atoms with Gasteiger partial charge in [-0.25, -0.2) is 0 Å². The largest absolute Gasteiger partial charge is 0.324 e. The van der Waals surface area contributed by atoms with Crippen molar-refractivity contribution in [1.82, 2.24) is 0 Å². The van der Waals surface area contributed by atoms with Gasteiger partial charge in [-0.1, -0.05) is 37.6 Å². The van der Waals surface area contributed by atoms with E-state index in [0.717, 1.165) is 0 Å². The van der Waals surface area contributed by atoms with E-state index in [-0.39, 0.29) is 18.4 Å². The van der Waals surface area contributed by atoms with Gasteiger partial charge >= 0.3 is 0 Å². The van der Waals surface area contributed by atoms with Crippen molar-refractivity contribution in [2.24, 2.45) is 11.7 Å². The second kappa shape index (κ2) is 5.38. The van der Waals surface area contributed by atoms with Crippen molar-refractivity contribution in [3.05, 3.63) is 34.9 Å². The standard InChI is InChI=1S/C12H19N.ClH/c1-8(2)12(13)11-6-5-9(3)7-10(11)4;/h5-8,12H,13H2,1-4H3;1H. The molecule has 1 atom stereocenters. The SMILES string of the molecule is Cc1ccc(C(N)C(C)C)c(C)c1.Cl. The predicted octanol–water partition coefficient (Wildman–Crippen LogP) is 3.38. The summed E-state index contributed by atoms with van der Waals surface area (Å²) in [7, 11) is 0. The highest BCUT2D eigenvalue weighted by Gasteiger charge is 2.11. The van der Waals surface area contributed by atoms with Gasteiger partial charge < -0.3 is 5.73 Å². The third-order valence-electron chi connectivity index (χ3n) is 2.50. The zero-order valence-corrected chi connectivity index (χ0v) is 10.2. The van der Waals surface area contributed by atoms with Crippen molar-refractivity contribution in [1.29, 1.82) is 0 Å². The van der Waals surface area contributed by atoms with Crippen molar-refractivity contribution in [2.45, 2.75) is 33.7 Å². The highest BCUT2D eigenvalue weighted by molar-refractivity contribution is 5.85. The molecule has 1 unspecified atom stereocenters. The second-order valence-corrected chi connectivity index (χ2v) is 4.13. The molecule has 0 aromatic heterocycles. The quantitative estimate of drug-likeness (QED) is 0.801. The number of hydrogen-bond donors (Lipinski definition) is 1. The van der Waals surface area contributed by atoms with Gasteiger partial charge in [0.15, 0.2) is 0 Å². The Bertz CT molecular complexity index is 294. The number of benzene rings is 1. The Morgan fingerprint density at radius 2 is 1.71 bits per heavy atom. The van der Waals surface area contributed by atoms with Crippen molar-refractivity contribution in [3.8, 4) is 0 Å². The van der Waals surface area contributed by atoms with Crippen LogP contribution in [0.5, 0.6) is 0 Å². The highest BCUT2D eigenvalue weighted by Crippen LogP contribution is 2.22. The van der Waals surface area contributed by atoms with Gasteiger partial charge in [0.2, 0.25) is 0 Å². The average Bonchev–Trinajstić information content (AvgIpc) is 2.03. The first-order valence-electron chi connectivity index (χ1n) is 4.85. The van der Waals surface area contributed by atoms with Gasteiger partial charge in [0.25, 0.3) is 0 Å². The normalized spacial score (nSPS) is 12.4. The van der Waals surface area contributed by atoms with E-state index in [1.54, 1.807) is 0 Å². The lowest BCUT2D eigenvalue weighted by Crippen LogP contribution is -2.17. The molecule has 1 aromatic carbocycles. The topological polar surface area (TPSA) is 26.0 Å². The van der Waals surface area contributed by atoms with E-state index in [1.807, 2.05) is 0 Å². The Labute approximate surface area is 93.1 Å². The van der Waals surface area contributed by atoms with Crippen LogP contribution in [0.25, 0.3) is 0 Å². The second-order valence-electron chi connectivity index (χ2n) is 4.13. The summed E-state index contributed by atoms with van der Waals surface area (Å²) in [4.78, 5) is 0. The van der Waals surface area contributed by atoms with Crippen molar-refractivity contribution < 1.29 is 0 Å². The lowest BCUT2D eigenvalue weighted by atomic mass is 9.93. The minimum absolute atomic E-state index is 0. The van der Waals surface area contributed by atoms with E-state index in [0.29, 0.717) is 5.92 Å². The van der Waals surface area contributed by atoms with Gasteiger partial charge in [-0.15, -0.1) is 12.4 Å². The molecule has 0 saturated carbocycles. The summed E-state index contributed by atoms with van der Waals surface area (Å²) in [6.07, 6.45) is 0. The van der Waals surface area contributed by atoms with E-state index >= 15 is 0 Å². The molecule has 0 bridgehead atoms. The van der Waals surface area contributed by atoms with Gasteiger partial charge in [0, 0.05) is 6.04 Å². The number of nitrogens with two attached hydrogens (primary N) is 1. The van der Waals surface area contributed by atoms with Crippen molar-refractivity contribution >= 4 is 12.4 Å². The molecule has 1 rings (SSSR count). The van der Waals surface area contributed by atoms with Gasteiger partial charge in [-0.05, 0) is 30.9 Å². The minimum atomic E-state index is 0. The summed E-state index contributed by atoms with van der Waals surface area (Å²) >= 11 is 0. The van der Waals surface area contributed by atoms with E-state index < -0.39 is 0 Å². The Kier molecular flexibility index (Phi) is 5.17. The predicted molar refractivity (Wildman–Crippen MR) is 64.9 cm³/mol. The van der Waals surface area contributed by atoms with Gasteiger partial charge in [0.05, 0.1) is 0 Å². The molecule has 0 aliphatic heterocycles. The molecular formula is C12H20ClN. The molecule has 1 nitrogen and oxygen atoms in total. The maximum atomic E-state index is 6.09. The summed E-state index contributed by atoms with van der Waals surface area (Å²) in [6.45, 7) is 8.55. The van der Waals surface area contributed by atoms with Crippen LogP contribution >= 0.6 is 12.4 Å². The third kappa shape index (κ3) is 3.00. The summed E-state index contributed by atoms with van der Waals surface area (Å²) in [5.74, 6) is 0.501. The number of aryl methyl sites for hydroxylation is 2. The molecule has 0 aliphatic carbocycles. The van der Waals surface area contributed by atoms with E-state index in [9.17, 15) is 0 Å². The van der Waals surface area contributed by atoms with Crippen molar-refractivity contribution in [2.75, 3.05) is 0 Å². The molecule has 2 heteroatoms. The third-order valence-corrected chi connectivity index (χ3v) is 2.50. The fourth-order valence-corrected chi connectivity index (χ4v) is 1.56. The maximum absolute atomic E-state index is 6.09. The molecule has 0 spiro atoms. The van der Waals surface area contributed by atoms with Crippen LogP contribution in [0.1, 0.15) is 36.6 Å². The summed E-state index contributed by atoms with van der Waals surface area (Å²) in [6, 6.07) is 6.64. The van der Waals surface area contributed by atoms with E-state index in [1.165, 1.54) is 16.7 Å². The van der Waals surface area contributed by atoms with Crippen LogP contribution in [0.3, 0.4) is 0 Å². The molecule has 2 N–H and O–H groups in total. The molecule has 1 aromatic rings. The molecule has 0 heterocycles. The van der Waals surface area contributed by atoms with Gasteiger partial charge in [-0.2, -0.15) is 0 Å². The molecule has 0 aliphatic rings. The molecule has 80 valence electrons. The Morgan fingerprint density at radius 3 is 2.14 bits per heavy atom. The molecular weight excluding hydrogens is 194 g/mol. The summed E-state index contributed by atoms with van der Waals surface area (Å²) in [5.41, 5.74) is 9.98. The molecule has 14 heavy (non-hydrogen) atoms. The Balaban J connectivity index is 0.00000169. The van der Waals surface area contributed by atoms with E-state index in [2.05, 4.69) is 45.9 Å². The lowest BCUT2D eigenvalue weighted by Gasteiger charge is -2.18. The van der Waals surface area contributed by atoms with Gasteiger partial charge in [0.1, 0.15) is 0 Å². The maximum Gasteiger partial charge on any atom is 0.0320 e. The zero-order valence-electron chi connectivity index (χ0n) is 9.37. The zero-order chi connectivity index (χ0) is 10.0.